The number of hydrogen-bond acceptors (Lipinski definition) is 4. The first-order valence-corrected chi connectivity index (χ1v) is 29.8. The minimum absolute atomic E-state index is 0.864. The van der Waals surface area contributed by atoms with Crippen molar-refractivity contribution in [2.24, 2.45) is 0 Å². The fourth-order valence-corrected chi connectivity index (χ4v) is 14.6. The lowest BCUT2D eigenvalue weighted by molar-refractivity contribution is 0.577. The molecule has 0 spiro atoms. The van der Waals surface area contributed by atoms with E-state index >= 15 is 0 Å². The second-order valence-electron chi connectivity index (χ2n) is 23.3. The second kappa shape index (κ2) is 18.6. The van der Waals surface area contributed by atoms with Gasteiger partial charge in [0, 0.05) is 87.6 Å². The van der Waals surface area contributed by atoms with Gasteiger partial charge in [0.1, 0.15) is 11.3 Å². The van der Waals surface area contributed by atoms with Crippen LogP contribution >= 0.6 is 0 Å². The molecule has 0 aliphatic rings. The number of anilines is 6. The predicted octanol–water partition coefficient (Wildman–Crippen LogP) is 23.0. The zero-order chi connectivity index (χ0) is 57.8. The van der Waals surface area contributed by atoms with E-state index in [2.05, 4.69) is 282 Å². The molecule has 0 bridgehead atoms. The Morgan fingerprint density at radius 3 is 1.28 bits per heavy atom. The topological polar surface area (TPSA) is 41.6 Å². The van der Waals surface area contributed by atoms with E-state index in [1.807, 2.05) is 19.1 Å². The maximum Gasteiger partial charge on any atom is 0.159 e. The van der Waals surface area contributed by atoms with Crippen molar-refractivity contribution in [2.75, 3.05) is 9.80 Å². The molecule has 0 saturated heterocycles. The smallest absolute Gasteiger partial charge is 0.159 e. The number of nitrogens with zero attached hydrogens (tertiary/aromatic N) is 4. The number of rotatable bonds is 10. The molecule has 6 aromatic heterocycles. The van der Waals surface area contributed by atoms with Gasteiger partial charge in [-0.15, -0.1) is 0 Å². The summed E-state index contributed by atoms with van der Waals surface area (Å²) in [5.74, 6) is 0.877. The summed E-state index contributed by atoms with van der Waals surface area (Å²) < 4.78 is 18.3. The van der Waals surface area contributed by atoms with Crippen LogP contribution in [0, 0.1) is 20.8 Å². The Balaban J connectivity index is 0.715. The number of aromatic nitrogens is 2. The van der Waals surface area contributed by atoms with Crippen LogP contribution in [0.2, 0.25) is 0 Å². The second-order valence-corrected chi connectivity index (χ2v) is 23.3. The van der Waals surface area contributed by atoms with Crippen LogP contribution in [0.3, 0.4) is 0 Å². The van der Waals surface area contributed by atoms with E-state index in [1.165, 1.54) is 87.3 Å². The molecule has 410 valence electrons. The van der Waals surface area contributed by atoms with Crippen LogP contribution in [0.15, 0.2) is 270 Å². The Labute approximate surface area is 500 Å². The van der Waals surface area contributed by atoms with Gasteiger partial charge in [-0.2, -0.15) is 0 Å². The standard InChI is InChI=1S/C81H54N4O2/c1-5-6-21-59-50(4)86-80-65(59)40-28-48(2)76(80)82(55-17-9-7-10-18-55)57-36-30-51(31-37-57)53-34-42-71-67(44-53)61-23-15-25-63-69-47-74-70(46-73(69)84(71)78(61)63)64-26-16-24-62-68-45-54(35-43-72(68)85(74)79(62)64)52-32-38-58(39-33-52)83(56-19-11-8-12-20-56)77-49(3)29-41-66-60-22-13-14-27-75(60)87-81(66)77/h5-47H,1H2,2-4H3/b21-6-. The van der Waals surface area contributed by atoms with Crippen LogP contribution < -0.4 is 9.80 Å². The first-order valence-electron chi connectivity index (χ1n) is 29.8. The average Bonchev–Trinajstić information content (AvgIpc) is 1.56. The highest BCUT2D eigenvalue weighted by Crippen LogP contribution is 2.49. The molecule has 6 heterocycles. The molecule has 0 amide bonds. The minimum Gasteiger partial charge on any atom is -0.458 e. The highest BCUT2D eigenvalue weighted by atomic mass is 16.3. The van der Waals surface area contributed by atoms with E-state index in [-0.39, 0.29) is 0 Å². The first-order chi connectivity index (χ1) is 42.9. The van der Waals surface area contributed by atoms with Gasteiger partial charge in [0.25, 0.3) is 0 Å². The number of aryl methyl sites for hydroxylation is 3. The van der Waals surface area contributed by atoms with Gasteiger partial charge in [0.05, 0.1) is 44.5 Å². The zero-order valence-corrected chi connectivity index (χ0v) is 48.1. The first kappa shape index (κ1) is 49.1. The van der Waals surface area contributed by atoms with E-state index in [4.69, 9.17) is 8.83 Å². The summed E-state index contributed by atoms with van der Waals surface area (Å²) >= 11 is 0. The molecular weight excluding hydrogens is 1060 g/mol. The van der Waals surface area contributed by atoms with Gasteiger partial charge in [-0.05, 0) is 145 Å². The Morgan fingerprint density at radius 1 is 0.345 bits per heavy atom. The molecule has 0 aliphatic carbocycles. The van der Waals surface area contributed by atoms with Crippen molar-refractivity contribution in [2.45, 2.75) is 20.8 Å². The number of hydrogen-bond donors (Lipinski definition) is 0. The van der Waals surface area contributed by atoms with Crippen molar-refractivity contribution >= 4 is 149 Å². The van der Waals surface area contributed by atoms with Crippen LogP contribution in [-0.4, -0.2) is 8.80 Å². The van der Waals surface area contributed by atoms with Crippen molar-refractivity contribution in [1.82, 2.24) is 8.80 Å². The van der Waals surface area contributed by atoms with E-state index < -0.39 is 0 Å². The van der Waals surface area contributed by atoms with E-state index in [0.29, 0.717) is 0 Å². The van der Waals surface area contributed by atoms with Crippen LogP contribution in [0.25, 0.3) is 137 Å². The molecule has 0 unspecified atom stereocenters. The van der Waals surface area contributed by atoms with Crippen molar-refractivity contribution in [3.63, 3.8) is 0 Å². The lowest BCUT2D eigenvalue weighted by Crippen LogP contribution is -2.11. The molecule has 87 heavy (non-hydrogen) atoms. The van der Waals surface area contributed by atoms with Crippen LogP contribution in [0.4, 0.5) is 34.1 Å². The maximum atomic E-state index is 6.66. The van der Waals surface area contributed by atoms with Gasteiger partial charge in [0.15, 0.2) is 11.2 Å². The van der Waals surface area contributed by atoms with Crippen LogP contribution in [-0.2, 0) is 0 Å². The highest BCUT2D eigenvalue weighted by Gasteiger charge is 2.27. The molecule has 0 saturated carbocycles. The fourth-order valence-electron chi connectivity index (χ4n) is 14.6. The van der Waals surface area contributed by atoms with Gasteiger partial charge >= 0.3 is 0 Å². The lowest BCUT2D eigenvalue weighted by atomic mass is 10.00. The summed E-state index contributed by atoms with van der Waals surface area (Å²) in [4.78, 5) is 4.67. The number of allylic oxidation sites excluding steroid dienone is 2. The quantitative estimate of drug-likeness (QED) is 0.128. The number of fused-ring (bicyclic) bond motifs is 16. The molecule has 6 nitrogen and oxygen atoms in total. The Hall–Kier alpha value is -11.3. The third kappa shape index (κ3) is 7.10. The fraction of sp³-hybridized carbons (Fsp3) is 0.0370. The third-order valence-electron chi connectivity index (χ3n) is 18.5. The predicted molar refractivity (Wildman–Crippen MR) is 366 cm³/mol. The Morgan fingerprint density at radius 2 is 0.770 bits per heavy atom. The number of benzene rings is 12. The van der Waals surface area contributed by atoms with E-state index in [9.17, 15) is 0 Å². The summed E-state index contributed by atoms with van der Waals surface area (Å²) in [5, 5.41) is 13.4. The molecule has 18 aromatic rings. The van der Waals surface area contributed by atoms with Gasteiger partial charge in [-0.3, -0.25) is 0 Å². The normalized spacial score (nSPS) is 12.3. The molecule has 12 aromatic carbocycles. The summed E-state index contributed by atoms with van der Waals surface area (Å²) in [7, 11) is 0. The lowest BCUT2D eigenvalue weighted by Gasteiger charge is -2.27. The van der Waals surface area contributed by atoms with Crippen molar-refractivity contribution < 1.29 is 8.83 Å². The zero-order valence-electron chi connectivity index (χ0n) is 48.1. The van der Waals surface area contributed by atoms with Crippen LogP contribution in [0.5, 0.6) is 0 Å². The summed E-state index contributed by atoms with van der Waals surface area (Å²) in [5.41, 5.74) is 24.4. The van der Waals surface area contributed by atoms with Crippen molar-refractivity contribution in [1.29, 1.82) is 0 Å². The molecule has 0 atom stereocenters. The third-order valence-corrected chi connectivity index (χ3v) is 18.5. The summed E-state index contributed by atoms with van der Waals surface area (Å²) in [6, 6.07) is 88.9. The van der Waals surface area contributed by atoms with Gasteiger partial charge < -0.3 is 27.4 Å². The SMILES string of the molecule is C=C/C=C\c1c(C)oc2c(N(c3ccccc3)c3ccc(-c4ccc5c(c4)c4cccc6c7cc8c(cc7n5c46)c4cccc5c6cc(-c7ccc(N(c9ccccc9)c9c(C)ccc%10c9oc9ccccc9%10)cc7)ccc6n8c54)cc3)c(C)ccc12. The Kier molecular flexibility index (Phi) is 10.5. The number of furan rings is 2. The molecule has 0 aliphatic heterocycles. The highest BCUT2D eigenvalue weighted by molar-refractivity contribution is 6.29. The van der Waals surface area contributed by atoms with Crippen molar-refractivity contribution in [3.05, 3.63) is 284 Å². The molecule has 18 rings (SSSR count). The molecule has 0 N–H and O–H groups in total. The Bertz CT molecular complexity index is 5860. The average molecular weight is 1120 g/mol. The van der Waals surface area contributed by atoms with E-state index in [0.717, 1.165) is 101 Å². The summed E-state index contributed by atoms with van der Waals surface area (Å²) in [6.07, 6.45) is 5.86. The maximum absolute atomic E-state index is 6.66. The molecule has 6 heteroatoms. The van der Waals surface area contributed by atoms with Gasteiger partial charge in [0.2, 0.25) is 0 Å². The monoisotopic (exact) mass is 1110 g/mol. The molecular formula is C81H54N4O2. The minimum atomic E-state index is 0.864. The van der Waals surface area contributed by atoms with Crippen molar-refractivity contribution in [3.8, 4) is 22.3 Å². The van der Waals surface area contributed by atoms with Gasteiger partial charge in [-0.1, -0.05) is 176 Å². The molecule has 0 fully saturated rings. The van der Waals surface area contributed by atoms with Crippen LogP contribution in [0.1, 0.15) is 22.5 Å². The van der Waals surface area contributed by atoms with E-state index in [1.54, 1.807) is 6.08 Å². The molecule has 0 radical (unpaired) electrons. The largest absolute Gasteiger partial charge is 0.458 e. The summed E-state index contributed by atoms with van der Waals surface area (Å²) in [6.45, 7) is 10.3. The number of para-hydroxylation sites is 5. The van der Waals surface area contributed by atoms with Gasteiger partial charge in [-0.25, -0.2) is 0 Å².